The second-order valence-corrected chi connectivity index (χ2v) is 4.02. The van der Waals surface area contributed by atoms with Crippen LogP contribution in [0.25, 0.3) is 0 Å². The lowest BCUT2D eigenvalue weighted by Gasteiger charge is -2.04. The Hall–Kier alpha value is -1.03. The van der Waals surface area contributed by atoms with Crippen molar-refractivity contribution in [2.45, 2.75) is 0 Å². The third kappa shape index (κ3) is 2.23. The lowest BCUT2D eigenvalue weighted by molar-refractivity contribution is -0.147. The number of hydrogen-bond donors (Lipinski definition) is 2. The zero-order valence-corrected chi connectivity index (χ0v) is 6.62. The van der Waals surface area contributed by atoms with E-state index in [1.54, 1.807) is 0 Å². The van der Waals surface area contributed by atoms with Gasteiger partial charge < -0.3 is 5.11 Å². The van der Waals surface area contributed by atoms with Gasteiger partial charge in [0, 0.05) is 0 Å². The van der Waals surface area contributed by atoms with Gasteiger partial charge in [0.1, 0.15) is 0 Å². The van der Waals surface area contributed by atoms with Crippen molar-refractivity contribution in [3.63, 3.8) is 0 Å². The SMILES string of the molecule is O=C(O)C(=O)C[SH]1C=CC=C1. The van der Waals surface area contributed by atoms with E-state index in [1.165, 1.54) is 0 Å². The minimum Gasteiger partial charge on any atom is -0.475 e. The molecule has 0 saturated heterocycles. The van der Waals surface area contributed by atoms with E-state index >= 15 is 0 Å². The van der Waals surface area contributed by atoms with Gasteiger partial charge in [-0.3, -0.25) is 4.79 Å². The van der Waals surface area contributed by atoms with E-state index < -0.39 is 22.6 Å². The Morgan fingerprint density at radius 3 is 2.27 bits per heavy atom. The molecule has 0 aromatic carbocycles. The fourth-order valence-corrected chi connectivity index (χ4v) is 2.13. The fourth-order valence-electron chi connectivity index (χ4n) is 0.709. The summed E-state index contributed by atoms with van der Waals surface area (Å²) in [7, 11) is -0.608. The predicted octanol–water partition coefficient (Wildman–Crippen LogP) is 0.682. The van der Waals surface area contributed by atoms with Crippen LogP contribution in [0, 0.1) is 0 Å². The van der Waals surface area contributed by atoms with Crippen LogP contribution in [0.4, 0.5) is 0 Å². The molecule has 60 valence electrons. The van der Waals surface area contributed by atoms with Crippen molar-refractivity contribution >= 4 is 22.6 Å². The Morgan fingerprint density at radius 1 is 1.27 bits per heavy atom. The molecule has 0 radical (unpaired) electrons. The van der Waals surface area contributed by atoms with Crippen molar-refractivity contribution < 1.29 is 14.7 Å². The van der Waals surface area contributed by atoms with Crippen molar-refractivity contribution in [2.75, 3.05) is 5.75 Å². The molecule has 0 fully saturated rings. The number of rotatable bonds is 3. The van der Waals surface area contributed by atoms with Crippen LogP contribution in [0.15, 0.2) is 23.0 Å². The summed E-state index contributed by atoms with van der Waals surface area (Å²) in [5.41, 5.74) is 0. The minimum atomic E-state index is -1.33. The van der Waals surface area contributed by atoms with E-state index in [4.69, 9.17) is 5.11 Å². The number of thiol groups is 1. The predicted molar refractivity (Wildman–Crippen MR) is 44.8 cm³/mol. The highest BCUT2D eigenvalue weighted by molar-refractivity contribution is 8.22. The van der Waals surface area contributed by atoms with Crippen LogP contribution in [0.2, 0.25) is 0 Å². The van der Waals surface area contributed by atoms with Crippen LogP contribution >= 0.6 is 10.9 Å². The first-order valence-corrected chi connectivity index (χ1v) is 4.73. The zero-order valence-electron chi connectivity index (χ0n) is 5.73. The van der Waals surface area contributed by atoms with Crippen molar-refractivity contribution in [1.29, 1.82) is 0 Å². The summed E-state index contributed by atoms with van der Waals surface area (Å²) in [5.74, 6) is -1.90. The van der Waals surface area contributed by atoms with E-state index in [-0.39, 0.29) is 5.75 Å². The maximum atomic E-state index is 10.6. The van der Waals surface area contributed by atoms with Crippen LogP contribution in [0.5, 0.6) is 0 Å². The molecule has 0 saturated carbocycles. The van der Waals surface area contributed by atoms with E-state index in [2.05, 4.69) is 0 Å². The van der Waals surface area contributed by atoms with E-state index in [9.17, 15) is 9.59 Å². The van der Waals surface area contributed by atoms with Gasteiger partial charge in [-0.1, -0.05) is 12.2 Å². The van der Waals surface area contributed by atoms with Crippen LogP contribution in [-0.4, -0.2) is 22.6 Å². The lowest BCUT2D eigenvalue weighted by Crippen LogP contribution is -2.15. The van der Waals surface area contributed by atoms with Crippen LogP contribution < -0.4 is 0 Å². The number of aliphatic carboxylic acids is 1. The second-order valence-electron chi connectivity index (χ2n) is 2.08. The Morgan fingerprint density at radius 2 is 1.82 bits per heavy atom. The Balaban J connectivity index is 2.43. The topological polar surface area (TPSA) is 54.4 Å². The number of carboxylic acids is 1. The molecule has 0 aromatic heterocycles. The van der Waals surface area contributed by atoms with Crippen molar-refractivity contribution in [3.8, 4) is 0 Å². The quantitative estimate of drug-likeness (QED) is 0.486. The summed E-state index contributed by atoms with van der Waals surface area (Å²) < 4.78 is 0. The van der Waals surface area contributed by atoms with Crippen molar-refractivity contribution in [1.82, 2.24) is 0 Å². The highest BCUT2D eigenvalue weighted by Gasteiger charge is 2.13. The summed E-state index contributed by atoms with van der Waals surface area (Å²) in [4.78, 5) is 20.7. The Labute approximate surface area is 66.8 Å². The Bertz CT molecular complexity index is 230. The molecule has 0 aliphatic carbocycles. The third-order valence-corrected chi connectivity index (χ3v) is 2.99. The fraction of sp³-hybridized carbons (Fsp3) is 0.143. The molecule has 11 heavy (non-hydrogen) atoms. The first-order valence-electron chi connectivity index (χ1n) is 3.07. The van der Waals surface area contributed by atoms with Gasteiger partial charge in [-0.2, -0.15) is 0 Å². The number of carboxylic acid groups (broad SMARTS) is 1. The maximum Gasteiger partial charge on any atom is 0.373 e. The molecule has 3 nitrogen and oxygen atoms in total. The molecule has 0 unspecified atom stereocenters. The number of allylic oxidation sites excluding steroid dienone is 2. The minimum absolute atomic E-state index is 0.137. The monoisotopic (exact) mass is 172 g/mol. The number of ketones is 1. The summed E-state index contributed by atoms with van der Waals surface area (Å²) in [6, 6.07) is 0. The van der Waals surface area contributed by atoms with E-state index in [1.807, 2.05) is 23.0 Å². The maximum absolute atomic E-state index is 10.6. The summed E-state index contributed by atoms with van der Waals surface area (Å²) in [6.07, 6.45) is 3.67. The smallest absolute Gasteiger partial charge is 0.373 e. The number of hydrogen-bond acceptors (Lipinski definition) is 2. The highest BCUT2D eigenvalue weighted by Crippen LogP contribution is 2.32. The molecule has 1 heterocycles. The standard InChI is InChI=1S/C7H8O3S/c8-6(7(9)10)5-11-3-1-2-4-11/h1-4,11H,5H2,(H,9,10). The molecular weight excluding hydrogens is 164 g/mol. The normalized spacial score (nSPS) is 17.3. The summed E-state index contributed by atoms with van der Waals surface area (Å²) in [6.45, 7) is 0. The van der Waals surface area contributed by atoms with E-state index in [0.29, 0.717) is 0 Å². The molecule has 0 amide bonds. The van der Waals surface area contributed by atoms with E-state index in [0.717, 1.165) is 0 Å². The second kappa shape index (κ2) is 3.39. The van der Waals surface area contributed by atoms with Gasteiger partial charge in [0.2, 0.25) is 5.78 Å². The lowest BCUT2D eigenvalue weighted by atomic mass is 10.5. The molecule has 1 aliphatic rings. The number of carbonyl (C=O) groups is 2. The van der Waals surface area contributed by atoms with Gasteiger partial charge in [0.15, 0.2) is 0 Å². The molecular formula is C7H8O3S. The molecule has 4 heteroatoms. The summed E-state index contributed by atoms with van der Waals surface area (Å²) >= 11 is 0. The van der Waals surface area contributed by atoms with Crippen LogP contribution in [0.1, 0.15) is 0 Å². The number of carbonyl (C=O) groups excluding carboxylic acids is 1. The zero-order chi connectivity index (χ0) is 8.27. The molecule has 0 aromatic rings. The summed E-state index contributed by atoms with van der Waals surface area (Å²) in [5, 5.41) is 12.0. The van der Waals surface area contributed by atoms with Gasteiger partial charge in [-0.25, -0.2) is 15.7 Å². The highest BCUT2D eigenvalue weighted by atomic mass is 32.2. The van der Waals surface area contributed by atoms with Crippen molar-refractivity contribution in [2.24, 2.45) is 0 Å². The molecule has 0 spiro atoms. The largest absolute Gasteiger partial charge is 0.475 e. The third-order valence-electron chi connectivity index (χ3n) is 1.23. The van der Waals surface area contributed by atoms with Crippen molar-refractivity contribution in [3.05, 3.63) is 23.0 Å². The van der Waals surface area contributed by atoms with Gasteiger partial charge in [0.05, 0.1) is 5.75 Å². The molecule has 1 rings (SSSR count). The van der Waals surface area contributed by atoms with Crippen LogP contribution in [-0.2, 0) is 9.59 Å². The van der Waals surface area contributed by atoms with Gasteiger partial charge in [-0.15, -0.1) is 0 Å². The first kappa shape index (κ1) is 8.07. The first-order chi connectivity index (χ1) is 5.20. The van der Waals surface area contributed by atoms with Gasteiger partial charge >= 0.3 is 5.97 Å². The van der Waals surface area contributed by atoms with Gasteiger partial charge in [0.25, 0.3) is 0 Å². The molecule has 1 aliphatic heterocycles. The van der Waals surface area contributed by atoms with Gasteiger partial charge in [-0.05, 0) is 10.8 Å². The average Bonchev–Trinajstić information content (AvgIpc) is 2.39. The molecule has 0 bridgehead atoms. The number of Topliss-reactive ketones (excluding diaryl/α,β-unsaturated/α-hetero) is 1. The van der Waals surface area contributed by atoms with Crippen LogP contribution in [0.3, 0.4) is 0 Å². The molecule has 0 atom stereocenters. The molecule has 1 N–H and O–H groups in total. The average molecular weight is 172 g/mol. The Kier molecular flexibility index (Phi) is 2.48.